The topological polar surface area (TPSA) is 62.7 Å². The minimum atomic E-state index is 0. The first-order valence-electron chi connectivity index (χ1n) is 6.54. The quantitative estimate of drug-likeness (QED) is 0.891. The van der Waals surface area contributed by atoms with Gasteiger partial charge in [0.2, 0.25) is 0 Å². The summed E-state index contributed by atoms with van der Waals surface area (Å²) >= 11 is 1.63. The number of nitrogens with zero attached hydrogens (tertiary/aromatic N) is 3. The standard InChI is InChI=1S/C13H17N5S.2ClH/c1-9-7-16-13(19-9)18-11-4-6-15-12(17-11)10-3-2-5-14-8-10;;/h4,6-7,10,14H,2-3,5,8H2,1H3,(H,15,16,17,18);2*1H. The van der Waals surface area contributed by atoms with Crippen LogP contribution in [0.3, 0.4) is 0 Å². The molecule has 8 heteroatoms. The van der Waals surface area contributed by atoms with Crippen LogP contribution in [0, 0.1) is 6.92 Å². The summed E-state index contributed by atoms with van der Waals surface area (Å²) in [4.78, 5) is 14.5. The number of rotatable bonds is 3. The second-order valence-electron chi connectivity index (χ2n) is 4.74. The number of nitrogens with one attached hydrogen (secondary N) is 2. The molecule has 2 aromatic heterocycles. The van der Waals surface area contributed by atoms with Gasteiger partial charge in [0.05, 0.1) is 0 Å². The van der Waals surface area contributed by atoms with Crippen LogP contribution in [0.2, 0.25) is 0 Å². The summed E-state index contributed by atoms with van der Waals surface area (Å²) in [5.41, 5.74) is 0. The van der Waals surface area contributed by atoms with Crippen LogP contribution >= 0.6 is 36.2 Å². The third-order valence-electron chi connectivity index (χ3n) is 3.19. The summed E-state index contributed by atoms with van der Waals surface area (Å²) in [5.74, 6) is 2.17. The van der Waals surface area contributed by atoms with E-state index in [1.807, 2.05) is 25.4 Å². The van der Waals surface area contributed by atoms with Gasteiger partial charge in [-0.05, 0) is 32.4 Å². The zero-order valence-electron chi connectivity index (χ0n) is 11.7. The van der Waals surface area contributed by atoms with Crippen molar-refractivity contribution in [3.8, 4) is 0 Å². The second-order valence-corrected chi connectivity index (χ2v) is 5.98. The maximum absolute atomic E-state index is 4.61. The number of aromatic nitrogens is 3. The van der Waals surface area contributed by atoms with Gasteiger partial charge in [0.15, 0.2) is 5.13 Å². The van der Waals surface area contributed by atoms with Gasteiger partial charge in [-0.2, -0.15) is 0 Å². The predicted molar refractivity (Wildman–Crippen MR) is 91.5 cm³/mol. The monoisotopic (exact) mass is 347 g/mol. The van der Waals surface area contributed by atoms with E-state index in [4.69, 9.17) is 0 Å². The van der Waals surface area contributed by atoms with Gasteiger partial charge < -0.3 is 10.6 Å². The molecule has 2 aromatic rings. The van der Waals surface area contributed by atoms with Crippen LogP contribution in [-0.4, -0.2) is 28.0 Å². The van der Waals surface area contributed by atoms with Gasteiger partial charge in [0.1, 0.15) is 11.6 Å². The highest BCUT2D eigenvalue weighted by Crippen LogP contribution is 2.23. The molecule has 1 atom stereocenters. The van der Waals surface area contributed by atoms with E-state index in [0.29, 0.717) is 5.92 Å². The molecule has 1 aliphatic rings. The molecule has 0 aromatic carbocycles. The number of piperidine rings is 1. The van der Waals surface area contributed by atoms with E-state index in [1.54, 1.807) is 11.3 Å². The number of thiazole rings is 1. The molecule has 0 spiro atoms. The van der Waals surface area contributed by atoms with Gasteiger partial charge in [-0.25, -0.2) is 15.0 Å². The summed E-state index contributed by atoms with van der Waals surface area (Å²) < 4.78 is 0. The first-order chi connectivity index (χ1) is 9.31. The van der Waals surface area contributed by atoms with E-state index in [-0.39, 0.29) is 24.8 Å². The lowest BCUT2D eigenvalue weighted by Crippen LogP contribution is -2.29. The predicted octanol–water partition coefficient (Wildman–Crippen LogP) is 3.30. The van der Waals surface area contributed by atoms with E-state index < -0.39 is 0 Å². The number of hydrogen-bond donors (Lipinski definition) is 2. The fourth-order valence-corrected chi connectivity index (χ4v) is 2.91. The van der Waals surface area contributed by atoms with Gasteiger partial charge in [0.25, 0.3) is 0 Å². The molecule has 3 heterocycles. The Labute approximate surface area is 140 Å². The van der Waals surface area contributed by atoms with E-state index in [0.717, 1.165) is 36.3 Å². The molecule has 1 saturated heterocycles. The van der Waals surface area contributed by atoms with Crippen molar-refractivity contribution in [1.82, 2.24) is 20.3 Å². The van der Waals surface area contributed by atoms with Crippen molar-refractivity contribution < 1.29 is 0 Å². The zero-order valence-corrected chi connectivity index (χ0v) is 14.2. The Kier molecular flexibility index (Phi) is 7.31. The third kappa shape index (κ3) is 4.78. The molecule has 0 saturated carbocycles. The Morgan fingerprint density at radius 2 is 2.19 bits per heavy atom. The van der Waals surface area contributed by atoms with Gasteiger partial charge in [0, 0.05) is 29.7 Å². The lowest BCUT2D eigenvalue weighted by molar-refractivity contribution is 0.447. The number of anilines is 2. The summed E-state index contributed by atoms with van der Waals surface area (Å²) in [6, 6.07) is 1.89. The van der Waals surface area contributed by atoms with Gasteiger partial charge in [-0.1, -0.05) is 0 Å². The van der Waals surface area contributed by atoms with Crippen LogP contribution < -0.4 is 10.6 Å². The minimum Gasteiger partial charge on any atom is -0.316 e. The van der Waals surface area contributed by atoms with Crippen LogP contribution in [0.5, 0.6) is 0 Å². The van der Waals surface area contributed by atoms with E-state index >= 15 is 0 Å². The summed E-state index contributed by atoms with van der Waals surface area (Å²) in [7, 11) is 0. The van der Waals surface area contributed by atoms with Crippen LogP contribution in [0.1, 0.15) is 29.5 Å². The number of aryl methyl sites for hydroxylation is 1. The van der Waals surface area contributed by atoms with Crippen molar-refractivity contribution in [2.45, 2.75) is 25.7 Å². The van der Waals surface area contributed by atoms with E-state index in [2.05, 4.69) is 25.6 Å². The van der Waals surface area contributed by atoms with Crippen LogP contribution in [0.4, 0.5) is 10.9 Å². The molecule has 0 bridgehead atoms. The average Bonchev–Trinajstić information content (AvgIpc) is 2.85. The SMILES string of the molecule is Cc1cnc(Nc2ccnc(C3CCCNC3)n2)s1.Cl.Cl. The molecule has 0 amide bonds. The Balaban J connectivity index is 0.00000110. The number of hydrogen-bond acceptors (Lipinski definition) is 6. The van der Waals surface area contributed by atoms with E-state index in [1.165, 1.54) is 11.3 Å². The molecule has 3 rings (SSSR count). The molecule has 0 aliphatic carbocycles. The largest absolute Gasteiger partial charge is 0.316 e. The highest BCUT2D eigenvalue weighted by molar-refractivity contribution is 7.15. The van der Waals surface area contributed by atoms with Crippen molar-refractivity contribution in [2.75, 3.05) is 18.4 Å². The first-order valence-corrected chi connectivity index (χ1v) is 7.36. The molecule has 5 nitrogen and oxygen atoms in total. The molecule has 0 radical (unpaired) electrons. The Morgan fingerprint density at radius 3 is 2.86 bits per heavy atom. The number of halogens is 2. The van der Waals surface area contributed by atoms with Gasteiger partial charge >= 0.3 is 0 Å². The van der Waals surface area contributed by atoms with Crippen molar-refractivity contribution in [3.05, 3.63) is 29.2 Å². The highest BCUT2D eigenvalue weighted by Gasteiger charge is 2.18. The lowest BCUT2D eigenvalue weighted by atomic mass is 9.99. The van der Waals surface area contributed by atoms with Crippen LogP contribution in [0.25, 0.3) is 0 Å². The fourth-order valence-electron chi connectivity index (χ4n) is 2.23. The molecule has 1 aliphatic heterocycles. The van der Waals surface area contributed by atoms with Crippen molar-refractivity contribution >= 4 is 47.1 Å². The van der Waals surface area contributed by atoms with Crippen molar-refractivity contribution in [3.63, 3.8) is 0 Å². The normalized spacial score (nSPS) is 17.5. The van der Waals surface area contributed by atoms with Gasteiger partial charge in [-0.3, -0.25) is 0 Å². The minimum absolute atomic E-state index is 0. The summed E-state index contributed by atoms with van der Waals surface area (Å²) in [6.07, 6.45) is 6.03. The molecular formula is C13H19Cl2N5S. The first kappa shape index (κ1) is 18.1. The van der Waals surface area contributed by atoms with Crippen molar-refractivity contribution in [1.29, 1.82) is 0 Å². The van der Waals surface area contributed by atoms with Crippen LogP contribution in [-0.2, 0) is 0 Å². The Bertz CT molecular complexity index is 557. The Hall–Kier alpha value is -0.950. The van der Waals surface area contributed by atoms with E-state index in [9.17, 15) is 0 Å². The molecule has 116 valence electrons. The zero-order chi connectivity index (χ0) is 13.1. The average molecular weight is 348 g/mol. The molecule has 21 heavy (non-hydrogen) atoms. The maximum Gasteiger partial charge on any atom is 0.188 e. The molecular weight excluding hydrogens is 329 g/mol. The Morgan fingerprint density at radius 1 is 1.33 bits per heavy atom. The fraction of sp³-hybridized carbons (Fsp3) is 0.462. The molecule has 1 fully saturated rings. The summed E-state index contributed by atoms with van der Waals surface area (Å²) in [5, 5.41) is 7.51. The smallest absolute Gasteiger partial charge is 0.188 e. The molecule has 2 N–H and O–H groups in total. The van der Waals surface area contributed by atoms with Gasteiger partial charge in [-0.15, -0.1) is 36.2 Å². The highest BCUT2D eigenvalue weighted by atomic mass is 35.5. The molecule has 1 unspecified atom stereocenters. The summed E-state index contributed by atoms with van der Waals surface area (Å²) in [6.45, 7) is 4.12. The second kappa shape index (κ2) is 8.48. The van der Waals surface area contributed by atoms with Crippen LogP contribution in [0.15, 0.2) is 18.5 Å². The maximum atomic E-state index is 4.61. The lowest BCUT2D eigenvalue weighted by Gasteiger charge is -2.21. The third-order valence-corrected chi connectivity index (χ3v) is 4.02. The van der Waals surface area contributed by atoms with Crippen molar-refractivity contribution in [2.24, 2.45) is 0 Å².